The molecular formula is C12H12FNO2S. The molecule has 1 aromatic carbocycles. The Bertz CT molecular complexity index is 470. The lowest BCUT2D eigenvalue weighted by Gasteiger charge is -1.96. The molecule has 17 heavy (non-hydrogen) atoms. The van der Waals surface area contributed by atoms with E-state index in [1.807, 2.05) is 0 Å². The highest BCUT2D eigenvalue weighted by Gasteiger charge is 2.06. The zero-order valence-corrected chi connectivity index (χ0v) is 9.91. The van der Waals surface area contributed by atoms with Crippen LogP contribution in [0.25, 0.3) is 11.3 Å². The molecule has 0 saturated carbocycles. The lowest BCUT2D eigenvalue weighted by molar-refractivity contribution is 0.322. The minimum absolute atomic E-state index is 0.149. The van der Waals surface area contributed by atoms with Crippen LogP contribution in [-0.2, 0) is 5.75 Å². The Morgan fingerprint density at radius 2 is 2.06 bits per heavy atom. The van der Waals surface area contributed by atoms with E-state index >= 15 is 0 Å². The summed E-state index contributed by atoms with van der Waals surface area (Å²) in [4.78, 5) is 4.12. The van der Waals surface area contributed by atoms with Gasteiger partial charge in [0.25, 0.3) is 0 Å². The van der Waals surface area contributed by atoms with Gasteiger partial charge in [-0.3, -0.25) is 0 Å². The maximum atomic E-state index is 12.7. The minimum Gasteiger partial charge on any atom is -0.440 e. The zero-order chi connectivity index (χ0) is 12.1. The SMILES string of the molecule is OCCSCc1ncc(-c2ccc(F)cc2)o1. The minimum atomic E-state index is -0.271. The quantitative estimate of drug-likeness (QED) is 0.832. The van der Waals surface area contributed by atoms with Crippen LogP contribution in [0.3, 0.4) is 0 Å². The molecule has 0 aliphatic heterocycles. The first-order chi connectivity index (χ1) is 8.29. The van der Waals surface area contributed by atoms with Crippen molar-refractivity contribution in [1.29, 1.82) is 0 Å². The summed E-state index contributed by atoms with van der Waals surface area (Å²) >= 11 is 1.55. The second-order valence-electron chi connectivity index (χ2n) is 3.40. The molecule has 0 aliphatic carbocycles. The van der Waals surface area contributed by atoms with Gasteiger partial charge < -0.3 is 9.52 Å². The molecule has 1 heterocycles. The topological polar surface area (TPSA) is 46.3 Å². The Morgan fingerprint density at radius 1 is 1.29 bits per heavy atom. The number of hydrogen-bond acceptors (Lipinski definition) is 4. The number of rotatable bonds is 5. The number of oxazole rings is 1. The number of hydrogen-bond donors (Lipinski definition) is 1. The molecule has 1 N–H and O–H groups in total. The van der Waals surface area contributed by atoms with Gasteiger partial charge in [-0.25, -0.2) is 9.37 Å². The second kappa shape index (κ2) is 5.84. The highest BCUT2D eigenvalue weighted by Crippen LogP contribution is 2.22. The van der Waals surface area contributed by atoms with Crippen molar-refractivity contribution in [3.63, 3.8) is 0 Å². The third kappa shape index (κ3) is 3.31. The first kappa shape index (κ1) is 12.1. The average molecular weight is 253 g/mol. The summed E-state index contributed by atoms with van der Waals surface area (Å²) < 4.78 is 18.3. The predicted octanol–water partition coefficient (Wildman–Crippen LogP) is 2.71. The Balaban J connectivity index is 2.04. The van der Waals surface area contributed by atoms with Crippen LogP contribution in [0.15, 0.2) is 34.9 Å². The van der Waals surface area contributed by atoms with Gasteiger partial charge in [0.05, 0.1) is 18.6 Å². The van der Waals surface area contributed by atoms with E-state index in [1.54, 1.807) is 30.1 Å². The summed E-state index contributed by atoms with van der Waals surface area (Å²) in [5.41, 5.74) is 0.803. The van der Waals surface area contributed by atoms with Gasteiger partial charge in [-0.05, 0) is 24.3 Å². The van der Waals surface area contributed by atoms with Gasteiger partial charge in [0.2, 0.25) is 5.89 Å². The van der Waals surface area contributed by atoms with Gasteiger partial charge in [0.15, 0.2) is 5.76 Å². The van der Waals surface area contributed by atoms with Crippen LogP contribution in [0.5, 0.6) is 0 Å². The molecule has 90 valence electrons. The fourth-order valence-corrected chi connectivity index (χ4v) is 1.93. The molecule has 0 atom stereocenters. The first-order valence-electron chi connectivity index (χ1n) is 5.19. The van der Waals surface area contributed by atoms with E-state index < -0.39 is 0 Å². The number of aliphatic hydroxyl groups is 1. The average Bonchev–Trinajstić information content (AvgIpc) is 2.79. The van der Waals surface area contributed by atoms with Crippen molar-refractivity contribution in [2.24, 2.45) is 0 Å². The number of aromatic nitrogens is 1. The van der Waals surface area contributed by atoms with E-state index in [9.17, 15) is 4.39 Å². The van der Waals surface area contributed by atoms with E-state index in [2.05, 4.69) is 4.98 Å². The zero-order valence-electron chi connectivity index (χ0n) is 9.10. The van der Waals surface area contributed by atoms with Crippen LogP contribution in [0.4, 0.5) is 4.39 Å². The highest BCUT2D eigenvalue weighted by atomic mass is 32.2. The normalized spacial score (nSPS) is 10.7. The summed E-state index contributed by atoms with van der Waals surface area (Å²) in [7, 11) is 0. The van der Waals surface area contributed by atoms with E-state index in [-0.39, 0.29) is 12.4 Å². The van der Waals surface area contributed by atoms with Crippen LogP contribution < -0.4 is 0 Å². The summed E-state index contributed by atoms with van der Waals surface area (Å²) in [5.74, 6) is 2.26. The van der Waals surface area contributed by atoms with E-state index in [1.165, 1.54) is 12.1 Å². The first-order valence-corrected chi connectivity index (χ1v) is 6.34. The molecule has 2 rings (SSSR count). The van der Waals surface area contributed by atoms with Crippen molar-refractivity contribution in [3.8, 4) is 11.3 Å². The lowest BCUT2D eigenvalue weighted by atomic mass is 10.2. The highest BCUT2D eigenvalue weighted by molar-refractivity contribution is 7.98. The number of halogens is 1. The van der Waals surface area contributed by atoms with Crippen molar-refractivity contribution in [1.82, 2.24) is 4.98 Å². The summed E-state index contributed by atoms with van der Waals surface area (Å²) in [6, 6.07) is 6.08. The summed E-state index contributed by atoms with van der Waals surface area (Å²) in [6.07, 6.45) is 1.63. The lowest BCUT2D eigenvalue weighted by Crippen LogP contribution is -1.87. The van der Waals surface area contributed by atoms with Crippen LogP contribution >= 0.6 is 11.8 Å². The molecule has 0 amide bonds. The number of benzene rings is 1. The van der Waals surface area contributed by atoms with Gasteiger partial charge in [0.1, 0.15) is 5.82 Å². The maximum absolute atomic E-state index is 12.7. The van der Waals surface area contributed by atoms with E-state index in [0.29, 0.717) is 23.2 Å². The Kier molecular flexibility index (Phi) is 4.17. The van der Waals surface area contributed by atoms with Gasteiger partial charge in [-0.1, -0.05) is 0 Å². The molecule has 0 saturated heterocycles. The van der Waals surface area contributed by atoms with Crippen molar-refractivity contribution in [2.75, 3.05) is 12.4 Å². The van der Waals surface area contributed by atoms with Crippen LogP contribution in [0, 0.1) is 5.82 Å². The molecule has 0 unspecified atom stereocenters. The van der Waals surface area contributed by atoms with E-state index in [4.69, 9.17) is 9.52 Å². The predicted molar refractivity (Wildman–Crippen MR) is 65.1 cm³/mol. The van der Waals surface area contributed by atoms with Crippen molar-refractivity contribution in [3.05, 3.63) is 42.2 Å². The second-order valence-corrected chi connectivity index (χ2v) is 4.51. The molecule has 0 bridgehead atoms. The molecule has 2 aromatic rings. The molecular weight excluding hydrogens is 241 g/mol. The number of thioether (sulfide) groups is 1. The van der Waals surface area contributed by atoms with Gasteiger partial charge in [0, 0.05) is 11.3 Å². The van der Waals surface area contributed by atoms with Gasteiger partial charge >= 0.3 is 0 Å². The molecule has 3 nitrogen and oxygen atoms in total. The van der Waals surface area contributed by atoms with Crippen LogP contribution in [0.1, 0.15) is 5.89 Å². The number of nitrogens with zero attached hydrogens (tertiary/aromatic N) is 1. The third-order valence-electron chi connectivity index (χ3n) is 2.14. The number of aliphatic hydroxyl groups excluding tert-OH is 1. The summed E-state index contributed by atoms with van der Waals surface area (Å²) in [5, 5.41) is 8.65. The molecule has 0 aliphatic rings. The molecule has 1 aromatic heterocycles. The van der Waals surface area contributed by atoms with Gasteiger partial charge in [-0.15, -0.1) is 11.8 Å². The van der Waals surface area contributed by atoms with Crippen LogP contribution in [0.2, 0.25) is 0 Å². The monoisotopic (exact) mass is 253 g/mol. The fourth-order valence-electron chi connectivity index (χ4n) is 1.35. The van der Waals surface area contributed by atoms with Crippen molar-refractivity contribution in [2.45, 2.75) is 5.75 Å². The third-order valence-corrected chi connectivity index (χ3v) is 3.07. The molecule has 5 heteroatoms. The Morgan fingerprint density at radius 3 is 2.76 bits per heavy atom. The Hall–Kier alpha value is -1.33. The van der Waals surface area contributed by atoms with E-state index in [0.717, 1.165) is 5.56 Å². The smallest absolute Gasteiger partial charge is 0.204 e. The maximum Gasteiger partial charge on any atom is 0.204 e. The van der Waals surface area contributed by atoms with Gasteiger partial charge in [-0.2, -0.15) is 0 Å². The van der Waals surface area contributed by atoms with Crippen molar-refractivity contribution < 1.29 is 13.9 Å². The van der Waals surface area contributed by atoms with Crippen LogP contribution in [-0.4, -0.2) is 22.5 Å². The van der Waals surface area contributed by atoms with Crippen molar-refractivity contribution >= 4 is 11.8 Å². The molecule has 0 fully saturated rings. The standard InChI is InChI=1S/C12H12FNO2S/c13-10-3-1-9(2-4-10)11-7-14-12(16-11)8-17-6-5-15/h1-4,7,15H,5-6,8H2. The largest absolute Gasteiger partial charge is 0.440 e. The molecule has 0 spiro atoms. The molecule has 0 radical (unpaired) electrons. The fraction of sp³-hybridized carbons (Fsp3) is 0.250. The Labute approximate surface area is 103 Å². The summed E-state index contributed by atoms with van der Waals surface area (Å²) in [6.45, 7) is 0.149.